The van der Waals surface area contributed by atoms with Crippen LogP contribution >= 0.6 is 36.4 Å². The van der Waals surface area contributed by atoms with E-state index in [0.29, 0.717) is 22.0 Å². The standard InChI is InChI=1S/C17H20ClN3O.2ClH/c1-11(19)12-4-7-21(8-5-12)17(22)15-10-14(18)9-13-3-2-6-20-16(13)15;;/h2-3,6,9-12H,4-5,7-8,19H2,1H3;2*1H. The summed E-state index contributed by atoms with van der Waals surface area (Å²) in [5, 5.41) is 1.46. The lowest BCUT2D eigenvalue weighted by Gasteiger charge is -2.33. The van der Waals surface area contributed by atoms with Crippen LogP contribution in [-0.4, -0.2) is 34.9 Å². The number of hydrogen-bond acceptors (Lipinski definition) is 3. The summed E-state index contributed by atoms with van der Waals surface area (Å²) >= 11 is 6.16. The molecule has 0 saturated carbocycles. The van der Waals surface area contributed by atoms with Gasteiger partial charge in [0.1, 0.15) is 0 Å². The normalized spacial score (nSPS) is 16.2. The lowest BCUT2D eigenvalue weighted by molar-refractivity contribution is 0.0683. The van der Waals surface area contributed by atoms with Crippen molar-refractivity contribution in [1.29, 1.82) is 0 Å². The maximum Gasteiger partial charge on any atom is 0.256 e. The molecule has 1 aromatic carbocycles. The van der Waals surface area contributed by atoms with Crippen LogP contribution in [0.5, 0.6) is 0 Å². The Bertz CT molecular complexity index is 701. The molecule has 1 amide bonds. The second-order valence-electron chi connectivity index (χ2n) is 6.02. The summed E-state index contributed by atoms with van der Waals surface area (Å²) in [7, 11) is 0. The van der Waals surface area contributed by atoms with Crippen molar-refractivity contribution in [3.63, 3.8) is 0 Å². The number of carbonyl (C=O) groups is 1. The Labute approximate surface area is 159 Å². The first kappa shape index (κ1) is 21.0. The van der Waals surface area contributed by atoms with E-state index in [4.69, 9.17) is 17.3 Å². The number of fused-ring (bicyclic) bond motifs is 1. The molecule has 4 nitrogen and oxygen atoms in total. The van der Waals surface area contributed by atoms with Crippen molar-refractivity contribution in [3.05, 3.63) is 41.0 Å². The smallest absolute Gasteiger partial charge is 0.256 e. The van der Waals surface area contributed by atoms with Crippen LogP contribution in [0.4, 0.5) is 0 Å². The number of aromatic nitrogens is 1. The van der Waals surface area contributed by atoms with Gasteiger partial charge in [0.05, 0.1) is 11.1 Å². The Kier molecular flexibility index (Phi) is 7.74. The number of rotatable bonds is 2. The van der Waals surface area contributed by atoms with Crippen LogP contribution in [0.1, 0.15) is 30.1 Å². The molecular weight excluding hydrogens is 369 g/mol. The fraction of sp³-hybridized carbons (Fsp3) is 0.412. The quantitative estimate of drug-likeness (QED) is 0.845. The molecule has 1 aliphatic rings. The fourth-order valence-corrected chi connectivity index (χ4v) is 3.34. The molecule has 2 aromatic rings. The maximum atomic E-state index is 12.8. The van der Waals surface area contributed by atoms with E-state index in [0.717, 1.165) is 31.3 Å². The van der Waals surface area contributed by atoms with Crippen molar-refractivity contribution in [2.24, 2.45) is 11.7 Å². The van der Waals surface area contributed by atoms with Crippen molar-refractivity contribution in [1.82, 2.24) is 9.88 Å². The number of likely N-dealkylation sites (tertiary alicyclic amines) is 1. The second-order valence-corrected chi connectivity index (χ2v) is 6.45. The number of benzene rings is 1. The van der Waals surface area contributed by atoms with Gasteiger partial charge in [-0.1, -0.05) is 17.7 Å². The number of halogens is 3. The van der Waals surface area contributed by atoms with Crippen molar-refractivity contribution in [2.45, 2.75) is 25.8 Å². The number of carbonyl (C=O) groups excluding carboxylic acids is 1. The first-order chi connectivity index (χ1) is 10.6. The van der Waals surface area contributed by atoms with Gasteiger partial charge in [0.2, 0.25) is 0 Å². The highest BCUT2D eigenvalue weighted by Crippen LogP contribution is 2.26. The van der Waals surface area contributed by atoms with Crippen LogP contribution in [0.25, 0.3) is 10.9 Å². The zero-order valence-electron chi connectivity index (χ0n) is 13.4. The van der Waals surface area contributed by atoms with E-state index in [-0.39, 0.29) is 36.8 Å². The Morgan fingerprint density at radius 3 is 2.62 bits per heavy atom. The first-order valence-electron chi connectivity index (χ1n) is 7.65. The lowest BCUT2D eigenvalue weighted by Crippen LogP contribution is -2.42. The third-order valence-corrected chi connectivity index (χ3v) is 4.69. The van der Waals surface area contributed by atoms with Gasteiger partial charge in [0, 0.05) is 35.7 Å². The molecule has 1 saturated heterocycles. The summed E-state index contributed by atoms with van der Waals surface area (Å²) < 4.78 is 0. The van der Waals surface area contributed by atoms with Crippen LogP contribution in [0.3, 0.4) is 0 Å². The third-order valence-electron chi connectivity index (χ3n) is 4.47. The van der Waals surface area contributed by atoms with E-state index in [9.17, 15) is 4.79 Å². The molecule has 1 unspecified atom stereocenters. The van der Waals surface area contributed by atoms with Gasteiger partial charge in [-0.2, -0.15) is 0 Å². The molecule has 0 aliphatic carbocycles. The van der Waals surface area contributed by atoms with Crippen molar-refractivity contribution in [2.75, 3.05) is 13.1 Å². The van der Waals surface area contributed by atoms with Crippen LogP contribution < -0.4 is 5.73 Å². The van der Waals surface area contributed by atoms with E-state index in [2.05, 4.69) is 4.98 Å². The third kappa shape index (κ3) is 4.31. The summed E-state index contributed by atoms with van der Waals surface area (Å²) in [4.78, 5) is 19.1. The molecular formula is C17H22Cl3N3O. The molecule has 1 atom stereocenters. The largest absolute Gasteiger partial charge is 0.339 e. The Morgan fingerprint density at radius 1 is 1.33 bits per heavy atom. The van der Waals surface area contributed by atoms with Gasteiger partial charge in [0.25, 0.3) is 5.91 Å². The van der Waals surface area contributed by atoms with E-state index >= 15 is 0 Å². The summed E-state index contributed by atoms with van der Waals surface area (Å²) in [5.41, 5.74) is 7.26. The maximum absolute atomic E-state index is 12.8. The number of pyridine rings is 1. The Balaban J connectivity index is 0.00000144. The minimum Gasteiger partial charge on any atom is -0.339 e. The Hall–Kier alpha value is -1.07. The van der Waals surface area contributed by atoms with Crippen LogP contribution in [0, 0.1) is 5.92 Å². The van der Waals surface area contributed by atoms with Crippen LogP contribution in [0.15, 0.2) is 30.5 Å². The number of hydrogen-bond donors (Lipinski definition) is 1. The average molecular weight is 391 g/mol. The van der Waals surface area contributed by atoms with Crippen molar-refractivity contribution in [3.8, 4) is 0 Å². The molecule has 1 aromatic heterocycles. The molecule has 1 fully saturated rings. The highest BCUT2D eigenvalue weighted by atomic mass is 35.5. The van der Waals surface area contributed by atoms with Crippen molar-refractivity contribution >= 4 is 53.2 Å². The van der Waals surface area contributed by atoms with Crippen LogP contribution in [0.2, 0.25) is 5.02 Å². The topological polar surface area (TPSA) is 59.2 Å². The molecule has 0 spiro atoms. The number of nitrogens with zero attached hydrogens (tertiary/aromatic N) is 2. The summed E-state index contributed by atoms with van der Waals surface area (Å²) in [5.74, 6) is 0.507. The molecule has 7 heteroatoms. The molecule has 0 radical (unpaired) electrons. The zero-order valence-corrected chi connectivity index (χ0v) is 15.8. The molecule has 2 N–H and O–H groups in total. The van der Waals surface area contributed by atoms with Gasteiger partial charge in [0.15, 0.2) is 0 Å². The second kappa shape index (κ2) is 8.86. The van der Waals surface area contributed by atoms with E-state index in [1.165, 1.54) is 0 Å². The fourth-order valence-electron chi connectivity index (χ4n) is 3.12. The monoisotopic (exact) mass is 389 g/mol. The van der Waals surface area contributed by atoms with Gasteiger partial charge in [-0.05, 0) is 43.9 Å². The molecule has 2 heterocycles. The SMILES string of the molecule is CC(N)C1CCN(C(=O)c2cc(Cl)cc3cccnc23)CC1.Cl.Cl. The minimum absolute atomic E-state index is 0. The zero-order chi connectivity index (χ0) is 15.7. The molecule has 3 rings (SSSR count). The first-order valence-corrected chi connectivity index (χ1v) is 8.03. The minimum atomic E-state index is 0. The van der Waals surface area contributed by atoms with Crippen molar-refractivity contribution < 1.29 is 4.79 Å². The molecule has 1 aliphatic heterocycles. The summed E-state index contributed by atoms with van der Waals surface area (Å²) in [6, 6.07) is 7.51. The highest BCUT2D eigenvalue weighted by Gasteiger charge is 2.26. The summed E-state index contributed by atoms with van der Waals surface area (Å²) in [6.45, 7) is 3.52. The van der Waals surface area contributed by atoms with E-state index in [1.807, 2.05) is 30.0 Å². The molecule has 24 heavy (non-hydrogen) atoms. The van der Waals surface area contributed by atoms with Gasteiger partial charge in [-0.15, -0.1) is 24.8 Å². The number of nitrogens with two attached hydrogens (primary N) is 1. The van der Waals surface area contributed by atoms with Gasteiger partial charge < -0.3 is 10.6 Å². The molecule has 0 bridgehead atoms. The van der Waals surface area contributed by atoms with Crippen LogP contribution in [-0.2, 0) is 0 Å². The Morgan fingerprint density at radius 2 is 2.00 bits per heavy atom. The predicted octanol–water partition coefficient (Wildman–Crippen LogP) is 3.93. The van der Waals surface area contributed by atoms with E-state index in [1.54, 1.807) is 12.3 Å². The molecule has 132 valence electrons. The average Bonchev–Trinajstić information content (AvgIpc) is 2.53. The number of amides is 1. The predicted molar refractivity (Wildman–Crippen MR) is 104 cm³/mol. The summed E-state index contributed by atoms with van der Waals surface area (Å²) in [6.07, 6.45) is 3.61. The highest BCUT2D eigenvalue weighted by molar-refractivity contribution is 6.32. The van der Waals surface area contributed by atoms with E-state index < -0.39 is 0 Å². The number of piperidine rings is 1. The van der Waals surface area contributed by atoms with Gasteiger partial charge in [-0.25, -0.2) is 0 Å². The van der Waals surface area contributed by atoms with Gasteiger partial charge in [-0.3, -0.25) is 9.78 Å². The lowest BCUT2D eigenvalue weighted by atomic mass is 9.90. The van der Waals surface area contributed by atoms with Gasteiger partial charge >= 0.3 is 0 Å².